The minimum Gasteiger partial charge on any atom is -0.497 e. The van der Waals surface area contributed by atoms with Crippen LogP contribution in [0.5, 0.6) is 23.0 Å². The standard InChI is InChI=1S/C50H68N2O8P2/c1-47(2,3)37-25-29(53-13)21-33-34-22-30(54-14)26-38(48(4,5)6)44(34)58-61(57-43(33)37)51-41-19-17-18-20-42(41)52-62-59-45-35(23-31(55-15)27-39(45)49(7,8)9)36-24-32(56-16)28-40(46(36)60-62)50(10,11)12/h21-28,41-42,51-52H,17-20H2,1-16H3/t41-,42-/m1/s1. The number of methoxy groups -OCH3 is 4. The summed E-state index contributed by atoms with van der Waals surface area (Å²) in [5, 5.41) is 11.6. The highest BCUT2D eigenvalue weighted by Gasteiger charge is 2.32. The molecular weight excluding hydrogens is 819 g/mol. The van der Waals surface area contributed by atoms with Crippen LogP contribution in [0.25, 0.3) is 43.9 Å². The van der Waals surface area contributed by atoms with E-state index in [1.807, 2.05) is 0 Å². The van der Waals surface area contributed by atoms with Gasteiger partial charge in [0.25, 0.3) is 0 Å². The second kappa shape index (κ2) is 17.1. The predicted octanol–water partition coefficient (Wildman–Crippen LogP) is 15.2. The van der Waals surface area contributed by atoms with Gasteiger partial charge in [0.05, 0.1) is 28.4 Å². The van der Waals surface area contributed by atoms with Crippen molar-refractivity contribution in [3.05, 3.63) is 70.8 Å². The van der Waals surface area contributed by atoms with Gasteiger partial charge in [0.2, 0.25) is 0 Å². The Hall–Kier alpha value is -4.20. The van der Waals surface area contributed by atoms with E-state index >= 15 is 0 Å². The van der Waals surface area contributed by atoms with Crippen LogP contribution in [0.3, 0.4) is 0 Å². The average Bonchev–Trinajstić information content (AvgIpc) is 3.45. The van der Waals surface area contributed by atoms with Crippen molar-refractivity contribution in [2.75, 3.05) is 38.6 Å². The number of fused-ring (bicyclic) bond motifs is 6. The van der Waals surface area contributed by atoms with Gasteiger partial charge < -0.3 is 35.7 Å². The Morgan fingerprint density at radius 2 is 0.629 bits per heavy atom. The smallest absolute Gasteiger partial charge is 0.307 e. The van der Waals surface area contributed by atoms with Crippen molar-refractivity contribution in [1.29, 1.82) is 0 Å². The van der Waals surface area contributed by atoms with Crippen LogP contribution in [0.15, 0.2) is 65.3 Å². The molecule has 10 nitrogen and oxygen atoms in total. The van der Waals surface area contributed by atoms with Gasteiger partial charge >= 0.3 is 16.3 Å². The molecule has 6 aromatic rings. The van der Waals surface area contributed by atoms with Crippen LogP contribution in [0.4, 0.5) is 0 Å². The van der Waals surface area contributed by atoms with E-state index in [1.165, 1.54) is 0 Å². The quantitative estimate of drug-likeness (QED) is 0.153. The number of benzene rings is 4. The van der Waals surface area contributed by atoms with E-state index in [1.54, 1.807) is 28.4 Å². The lowest BCUT2D eigenvalue weighted by atomic mass is 9.84. The number of ether oxygens (including phenoxy) is 4. The SMILES string of the molecule is COc1cc(C(C)(C)C)c2op(N[C@@H]3CCCC[C@H]3Np3oc4c(C(C)(C)C)cc(OC)cc4c4cc(OC)cc(C(C)(C)C)c4o3)oc3c(C(C)(C)C)cc(OC)cc3c2c1. The van der Waals surface area contributed by atoms with E-state index in [2.05, 4.69) is 142 Å². The summed E-state index contributed by atoms with van der Waals surface area (Å²) in [4.78, 5) is 0. The normalized spacial score (nSPS) is 16.6. The minimum absolute atomic E-state index is 0.0275. The van der Waals surface area contributed by atoms with Gasteiger partial charge in [-0.15, -0.1) is 0 Å². The van der Waals surface area contributed by atoms with Crippen molar-refractivity contribution in [3.63, 3.8) is 0 Å². The van der Waals surface area contributed by atoms with E-state index in [4.69, 9.17) is 35.7 Å². The third-order valence-electron chi connectivity index (χ3n) is 12.0. The van der Waals surface area contributed by atoms with Gasteiger partial charge in [0, 0.05) is 55.9 Å². The number of rotatable bonds is 8. The van der Waals surface area contributed by atoms with Crippen molar-refractivity contribution in [1.82, 2.24) is 0 Å². The Morgan fingerprint density at radius 1 is 0.403 bits per heavy atom. The molecule has 2 atom stereocenters. The van der Waals surface area contributed by atoms with E-state index in [9.17, 15) is 0 Å². The summed E-state index contributed by atoms with van der Waals surface area (Å²) >= 11 is 0. The summed E-state index contributed by atoms with van der Waals surface area (Å²) in [5.41, 5.74) is 6.23. The summed E-state index contributed by atoms with van der Waals surface area (Å²) in [7, 11) is 3.41. The molecule has 0 unspecified atom stereocenters. The van der Waals surface area contributed by atoms with Crippen LogP contribution >= 0.6 is 16.3 Å². The molecule has 0 aliphatic heterocycles. The second-order valence-corrected chi connectivity index (χ2v) is 23.1. The molecule has 336 valence electrons. The van der Waals surface area contributed by atoms with Crippen LogP contribution in [-0.4, -0.2) is 40.5 Å². The first-order valence-electron chi connectivity index (χ1n) is 21.8. The van der Waals surface area contributed by atoms with E-state index in [-0.39, 0.29) is 33.7 Å². The highest BCUT2D eigenvalue weighted by Crippen LogP contribution is 2.48. The summed E-state index contributed by atoms with van der Waals surface area (Å²) in [5.74, 6) is 3.03. The topological polar surface area (TPSA) is 114 Å². The summed E-state index contributed by atoms with van der Waals surface area (Å²) in [6.07, 6.45) is 3.96. The molecule has 0 bridgehead atoms. The van der Waals surface area contributed by atoms with Gasteiger partial charge in [0.1, 0.15) is 45.3 Å². The predicted molar refractivity (Wildman–Crippen MR) is 258 cm³/mol. The first-order valence-corrected chi connectivity index (χ1v) is 24.1. The third-order valence-corrected chi connectivity index (χ3v) is 14.5. The molecule has 62 heavy (non-hydrogen) atoms. The van der Waals surface area contributed by atoms with Crippen molar-refractivity contribution < 1.29 is 35.7 Å². The molecule has 7 rings (SSSR count). The Balaban J connectivity index is 1.46. The zero-order chi connectivity index (χ0) is 45.1. The first-order chi connectivity index (χ1) is 29.0. The highest BCUT2D eigenvalue weighted by molar-refractivity contribution is 7.39. The number of nitrogens with one attached hydrogen (secondary N) is 2. The summed E-state index contributed by atoms with van der Waals surface area (Å²) in [6.45, 7) is 26.4. The Morgan fingerprint density at radius 3 is 0.823 bits per heavy atom. The molecule has 2 N–H and O–H groups in total. The molecule has 1 aliphatic carbocycles. The number of hydrogen-bond acceptors (Lipinski definition) is 10. The molecule has 0 amide bonds. The van der Waals surface area contributed by atoms with Crippen LogP contribution < -0.4 is 29.1 Å². The maximum atomic E-state index is 7.17. The van der Waals surface area contributed by atoms with Crippen molar-refractivity contribution in [2.24, 2.45) is 0 Å². The second-order valence-electron chi connectivity index (χ2n) is 20.8. The van der Waals surface area contributed by atoms with Gasteiger partial charge in [-0.1, -0.05) is 95.9 Å². The third kappa shape index (κ3) is 9.22. The zero-order valence-electron chi connectivity index (χ0n) is 39.8. The molecule has 2 aromatic heterocycles. The largest absolute Gasteiger partial charge is 0.497 e. The van der Waals surface area contributed by atoms with Crippen molar-refractivity contribution in [2.45, 2.75) is 143 Å². The van der Waals surface area contributed by atoms with Crippen molar-refractivity contribution in [3.8, 4) is 23.0 Å². The maximum absolute atomic E-state index is 7.17. The van der Waals surface area contributed by atoms with E-state index < -0.39 is 16.3 Å². The monoisotopic (exact) mass is 886 g/mol. The fourth-order valence-electron chi connectivity index (χ4n) is 8.49. The lowest BCUT2D eigenvalue weighted by Crippen LogP contribution is -2.40. The van der Waals surface area contributed by atoms with Crippen LogP contribution in [-0.2, 0) is 21.7 Å². The lowest BCUT2D eigenvalue weighted by Gasteiger charge is -2.31. The number of hydrogen-bond donors (Lipinski definition) is 2. The fourth-order valence-corrected chi connectivity index (χ4v) is 11.4. The first kappa shape index (κ1) is 45.8. The molecule has 12 heteroatoms. The summed E-state index contributed by atoms with van der Waals surface area (Å²) < 4.78 is 52.3. The van der Waals surface area contributed by atoms with Gasteiger partial charge in [-0.05, 0) is 83.0 Å². The molecule has 0 spiro atoms. The molecule has 0 saturated heterocycles. The molecule has 1 saturated carbocycles. The molecule has 1 fully saturated rings. The fraction of sp³-hybridized carbons (Fsp3) is 0.520. The van der Waals surface area contributed by atoms with Crippen LogP contribution in [0.1, 0.15) is 131 Å². The highest BCUT2D eigenvalue weighted by atomic mass is 31.1. The van der Waals surface area contributed by atoms with Gasteiger partial charge in [0.15, 0.2) is 0 Å². The van der Waals surface area contributed by atoms with Gasteiger partial charge in [-0.2, -0.15) is 0 Å². The van der Waals surface area contributed by atoms with E-state index in [0.29, 0.717) is 0 Å². The molecule has 4 aromatic carbocycles. The van der Waals surface area contributed by atoms with Crippen LogP contribution in [0.2, 0.25) is 0 Å². The molecule has 0 radical (unpaired) electrons. The van der Waals surface area contributed by atoms with Crippen LogP contribution in [0, 0.1) is 0 Å². The molecule has 1 aliphatic rings. The molecular formula is C50H68N2O8P2. The van der Waals surface area contributed by atoms with Gasteiger partial charge in [-0.3, -0.25) is 0 Å². The van der Waals surface area contributed by atoms with Crippen molar-refractivity contribution >= 4 is 60.2 Å². The lowest BCUT2D eigenvalue weighted by molar-refractivity contribution is 0.413. The van der Waals surface area contributed by atoms with Gasteiger partial charge in [-0.25, -0.2) is 10.2 Å². The minimum atomic E-state index is -1.71. The maximum Gasteiger partial charge on any atom is 0.307 e. The average molecular weight is 887 g/mol. The zero-order valence-corrected chi connectivity index (χ0v) is 41.6. The van der Waals surface area contributed by atoms with E-state index in [0.717, 1.165) is 115 Å². The molecule has 2 heterocycles. The summed E-state index contributed by atoms with van der Waals surface area (Å²) in [6, 6.07) is 16.6. The Labute approximate surface area is 369 Å². The Kier molecular flexibility index (Phi) is 12.6. The Bertz CT molecular complexity index is 2350.